The molecule has 1 aromatic carbocycles. The summed E-state index contributed by atoms with van der Waals surface area (Å²) < 4.78 is 17.9. The maximum Gasteiger partial charge on any atom is 0.224 e. The first kappa shape index (κ1) is 14.0. The predicted molar refractivity (Wildman–Crippen MR) is 68.1 cm³/mol. The molecule has 2 N–H and O–H groups in total. The molecule has 104 valence electrons. The zero-order valence-electron chi connectivity index (χ0n) is 10.7. The van der Waals surface area contributed by atoms with Gasteiger partial charge in [0.1, 0.15) is 5.82 Å². The molecule has 1 amide bonds. The Hall–Kier alpha value is -1.46. The first-order valence-electron chi connectivity index (χ1n) is 6.39. The molecule has 1 aliphatic rings. The number of carbonyl (C=O) groups excluding carboxylic acids is 1. The minimum atomic E-state index is -0.864. The lowest BCUT2D eigenvalue weighted by molar-refractivity contribution is -0.123. The molecule has 0 saturated carbocycles. The Morgan fingerprint density at radius 2 is 1.95 bits per heavy atom. The number of benzene rings is 1. The van der Waals surface area contributed by atoms with E-state index >= 15 is 0 Å². The van der Waals surface area contributed by atoms with Gasteiger partial charge in [0.25, 0.3) is 0 Å². The smallest absolute Gasteiger partial charge is 0.224 e. The van der Waals surface area contributed by atoms with E-state index < -0.39 is 5.60 Å². The summed E-state index contributed by atoms with van der Waals surface area (Å²) in [5.74, 6) is -0.493. The van der Waals surface area contributed by atoms with E-state index in [0.29, 0.717) is 26.1 Å². The summed E-state index contributed by atoms with van der Waals surface area (Å²) in [5, 5.41) is 12.9. The molecule has 0 aromatic heterocycles. The average molecular weight is 267 g/mol. The van der Waals surface area contributed by atoms with E-state index in [2.05, 4.69) is 5.32 Å². The number of aliphatic hydroxyl groups is 1. The van der Waals surface area contributed by atoms with Gasteiger partial charge in [0.2, 0.25) is 5.91 Å². The summed E-state index contributed by atoms with van der Waals surface area (Å²) in [5.41, 5.74) is -0.116. The van der Waals surface area contributed by atoms with E-state index in [1.54, 1.807) is 12.1 Å². The number of rotatable bonds is 4. The normalized spacial score (nSPS) is 18.0. The van der Waals surface area contributed by atoms with Crippen LogP contribution in [0.25, 0.3) is 0 Å². The molecule has 0 bridgehead atoms. The fraction of sp³-hybridized carbons (Fsp3) is 0.500. The minimum Gasteiger partial charge on any atom is -0.388 e. The fourth-order valence-corrected chi connectivity index (χ4v) is 2.04. The molecule has 0 radical (unpaired) electrons. The highest BCUT2D eigenvalue weighted by Gasteiger charge is 2.29. The van der Waals surface area contributed by atoms with Gasteiger partial charge in [-0.15, -0.1) is 0 Å². The first-order chi connectivity index (χ1) is 9.07. The van der Waals surface area contributed by atoms with Crippen LogP contribution in [0.15, 0.2) is 24.3 Å². The molecule has 2 rings (SSSR count). The number of hydrogen-bond acceptors (Lipinski definition) is 3. The molecule has 1 aliphatic heterocycles. The van der Waals surface area contributed by atoms with Crippen LogP contribution in [0.1, 0.15) is 18.4 Å². The molecule has 0 atom stereocenters. The van der Waals surface area contributed by atoms with E-state index in [0.717, 1.165) is 5.56 Å². The molecule has 4 nitrogen and oxygen atoms in total. The second-order valence-corrected chi connectivity index (χ2v) is 4.92. The summed E-state index contributed by atoms with van der Waals surface area (Å²) >= 11 is 0. The summed E-state index contributed by atoms with van der Waals surface area (Å²) in [7, 11) is 0. The number of amides is 1. The van der Waals surface area contributed by atoms with Crippen molar-refractivity contribution in [2.24, 2.45) is 0 Å². The Kier molecular flexibility index (Phi) is 4.50. The quantitative estimate of drug-likeness (QED) is 0.856. The van der Waals surface area contributed by atoms with Gasteiger partial charge in [-0.25, -0.2) is 4.39 Å². The van der Waals surface area contributed by atoms with Gasteiger partial charge in [-0.3, -0.25) is 4.79 Å². The van der Waals surface area contributed by atoms with Crippen molar-refractivity contribution >= 4 is 5.91 Å². The van der Waals surface area contributed by atoms with E-state index in [1.165, 1.54) is 12.1 Å². The second-order valence-electron chi connectivity index (χ2n) is 4.92. The maximum absolute atomic E-state index is 12.7. The highest BCUT2D eigenvalue weighted by Crippen LogP contribution is 2.19. The molecular weight excluding hydrogens is 249 g/mol. The van der Waals surface area contributed by atoms with Crippen LogP contribution in [-0.4, -0.2) is 36.4 Å². The van der Waals surface area contributed by atoms with Crippen molar-refractivity contribution < 1.29 is 19.0 Å². The van der Waals surface area contributed by atoms with Crippen LogP contribution in [0.5, 0.6) is 0 Å². The van der Waals surface area contributed by atoms with Crippen molar-refractivity contribution in [3.05, 3.63) is 35.6 Å². The van der Waals surface area contributed by atoms with Gasteiger partial charge < -0.3 is 15.2 Å². The van der Waals surface area contributed by atoms with Gasteiger partial charge in [-0.05, 0) is 17.7 Å². The summed E-state index contributed by atoms with van der Waals surface area (Å²) in [4.78, 5) is 11.7. The lowest BCUT2D eigenvalue weighted by Crippen LogP contribution is -2.46. The van der Waals surface area contributed by atoms with Crippen molar-refractivity contribution in [3.63, 3.8) is 0 Å². The van der Waals surface area contributed by atoms with Crippen LogP contribution >= 0.6 is 0 Å². The van der Waals surface area contributed by atoms with Gasteiger partial charge in [-0.2, -0.15) is 0 Å². The Morgan fingerprint density at radius 1 is 1.32 bits per heavy atom. The van der Waals surface area contributed by atoms with Crippen molar-refractivity contribution in [2.45, 2.75) is 24.9 Å². The predicted octanol–water partition coefficient (Wildman–Crippen LogP) is 1.03. The third kappa shape index (κ3) is 4.29. The van der Waals surface area contributed by atoms with Crippen molar-refractivity contribution in [3.8, 4) is 0 Å². The summed E-state index contributed by atoms with van der Waals surface area (Å²) in [6.45, 7) is 1.27. The second kappa shape index (κ2) is 6.12. The highest BCUT2D eigenvalue weighted by molar-refractivity contribution is 5.78. The maximum atomic E-state index is 12.7. The zero-order chi connectivity index (χ0) is 13.7. The van der Waals surface area contributed by atoms with Crippen LogP contribution in [0, 0.1) is 5.82 Å². The molecule has 1 fully saturated rings. The molecule has 1 heterocycles. The van der Waals surface area contributed by atoms with Crippen LogP contribution < -0.4 is 5.32 Å². The largest absolute Gasteiger partial charge is 0.388 e. The van der Waals surface area contributed by atoms with Gasteiger partial charge in [0.05, 0.1) is 12.0 Å². The van der Waals surface area contributed by atoms with E-state index in [4.69, 9.17) is 4.74 Å². The summed E-state index contributed by atoms with van der Waals surface area (Å²) in [6.07, 6.45) is 1.25. The number of hydrogen-bond donors (Lipinski definition) is 2. The molecule has 0 unspecified atom stereocenters. The molecule has 1 saturated heterocycles. The molecule has 5 heteroatoms. The minimum absolute atomic E-state index is 0.175. The van der Waals surface area contributed by atoms with Crippen LogP contribution in [0.2, 0.25) is 0 Å². The monoisotopic (exact) mass is 267 g/mol. The van der Waals surface area contributed by atoms with Crippen LogP contribution in [0.3, 0.4) is 0 Å². The zero-order valence-corrected chi connectivity index (χ0v) is 10.7. The van der Waals surface area contributed by atoms with Crippen molar-refractivity contribution in [1.29, 1.82) is 0 Å². The lowest BCUT2D eigenvalue weighted by Gasteiger charge is -2.32. The topological polar surface area (TPSA) is 58.6 Å². The molecule has 0 aliphatic carbocycles. The summed E-state index contributed by atoms with van der Waals surface area (Å²) in [6, 6.07) is 5.82. The lowest BCUT2D eigenvalue weighted by atomic mass is 9.94. The Labute approximate surface area is 111 Å². The van der Waals surface area contributed by atoms with Crippen LogP contribution in [-0.2, 0) is 16.0 Å². The molecule has 19 heavy (non-hydrogen) atoms. The molecule has 1 aromatic rings. The van der Waals surface area contributed by atoms with E-state index in [1.807, 2.05) is 0 Å². The van der Waals surface area contributed by atoms with Crippen molar-refractivity contribution in [2.75, 3.05) is 19.8 Å². The van der Waals surface area contributed by atoms with E-state index in [-0.39, 0.29) is 24.7 Å². The number of halogens is 1. The fourth-order valence-electron chi connectivity index (χ4n) is 2.04. The molecular formula is C14H18FNO3. The SMILES string of the molecule is O=C(Cc1ccc(F)cc1)NCC1(O)CCOCC1. The number of nitrogens with one attached hydrogen (secondary N) is 1. The Morgan fingerprint density at radius 3 is 2.58 bits per heavy atom. The number of ether oxygens (including phenoxy) is 1. The standard InChI is InChI=1S/C14H18FNO3/c15-12-3-1-11(2-4-12)9-13(17)16-10-14(18)5-7-19-8-6-14/h1-4,18H,5-10H2,(H,16,17). The van der Waals surface area contributed by atoms with Gasteiger partial charge in [-0.1, -0.05) is 12.1 Å². The number of carbonyl (C=O) groups is 1. The van der Waals surface area contributed by atoms with Gasteiger partial charge >= 0.3 is 0 Å². The molecule has 0 spiro atoms. The van der Waals surface area contributed by atoms with Gasteiger partial charge in [0, 0.05) is 32.6 Å². The van der Waals surface area contributed by atoms with Gasteiger partial charge in [0.15, 0.2) is 0 Å². The van der Waals surface area contributed by atoms with Crippen molar-refractivity contribution in [1.82, 2.24) is 5.32 Å². The first-order valence-corrected chi connectivity index (χ1v) is 6.39. The Balaban J connectivity index is 1.79. The average Bonchev–Trinajstić information content (AvgIpc) is 2.40. The highest BCUT2D eigenvalue weighted by atomic mass is 19.1. The Bertz CT molecular complexity index is 427. The third-order valence-corrected chi connectivity index (χ3v) is 3.32. The van der Waals surface area contributed by atoms with Crippen LogP contribution in [0.4, 0.5) is 4.39 Å². The third-order valence-electron chi connectivity index (χ3n) is 3.32. The van der Waals surface area contributed by atoms with E-state index in [9.17, 15) is 14.3 Å².